The molecule has 2 amide bonds. The number of piperidine rings is 1. The Bertz CT molecular complexity index is 1160. The van der Waals surface area contributed by atoms with Gasteiger partial charge in [0.05, 0.1) is 32.2 Å². The van der Waals surface area contributed by atoms with E-state index in [1.54, 1.807) is 43.4 Å². The molecule has 1 heterocycles. The Morgan fingerprint density at radius 2 is 1.51 bits per heavy atom. The minimum atomic E-state index is -0.504. The molecule has 1 saturated heterocycles. The van der Waals surface area contributed by atoms with E-state index in [0.29, 0.717) is 23.6 Å². The van der Waals surface area contributed by atoms with Crippen LogP contribution in [0, 0.1) is 11.7 Å². The number of rotatable bonds is 7. The molecule has 0 spiro atoms. The lowest BCUT2D eigenvalue weighted by molar-refractivity contribution is -0.129. The van der Waals surface area contributed by atoms with Gasteiger partial charge in [-0.1, -0.05) is 24.3 Å². The number of benzene rings is 3. The zero-order valence-electron chi connectivity index (χ0n) is 20.0. The summed E-state index contributed by atoms with van der Waals surface area (Å²) >= 11 is 0. The van der Waals surface area contributed by atoms with Crippen LogP contribution in [0.2, 0.25) is 0 Å². The molecule has 4 rings (SSSR count). The zero-order valence-corrected chi connectivity index (χ0v) is 20.0. The fraction of sp³-hybridized carbons (Fsp3) is 0.286. The SMILES string of the molecule is COc1ccc(C2C(C(=O)NC(C)c3ccc(F)cc3)CCC(=O)N2c2ccc(OC)cc2)cc1. The van der Waals surface area contributed by atoms with Crippen molar-refractivity contribution in [2.45, 2.75) is 31.8 Å². The fourth-order valence-corrected chi connectivity index (χ4v) is 4.55. The van der Waals surface area contributed by atoms with Crippen LogP contribution in [0.3, 0.4) is 0 Å². The first-order valence-corrected chi connectivity index (χ1v) is 11.6. The summed E-state index contributed by atoms with van der Waals surface area (Å²) in [5.41, 5.74) is 2.34. The Kier molecular flexibility index (Phi) is 7.34. The van der Waals surface area contributed by atoms with Crippen LogP contribution in [0.15, 0.2) is 72.8 Å². The van der Waals surface area contributed by atoms with Gasteiger partial charge in [0.25, 0.3) is 0 Å². The van der Waals surface area contributed by atoms with Crippen LogP contribution in [0.1, 0.15) is 43.0 Å². The Morgan fingerprint density at radius 3 is 2.09 bits per heavy atom. The summed E-state index contributed by atoms with van der Waals surface area (Å²) in [6.45, 7) is 1.86. The van der Waals surface area contributed by atoms with Crippen LogP contribution in [-0.2, 0) is 9.59 Å². The van der Waals surface area contributed by atoms with E-state index in [2.05, 4.69) is 5.32 Å². The molecule has 0 radical (unpaired) electrons. The number of methoxy groups -OCH3 is 2. The van der Waals surface area contributed by atoms with Gasteiger partial charge in [-0.25, -0.2) is 4.39 Å². The van der Waals surface area contributed by atoms with E-state index in [0.717, 1.165) is 11.1 Å². The largest absolute Gasteiger partial charge is 0.497 e. The van der Waals surface area contributed by atoms with Gasteiger partial charge >= 0.3 is 0 Å². The lowest BCUT2D eigenvalue weighted by Crippen LogP contribution is -2.48. The van der Waals surface area contributed by atoms with Crippen molar-refractivity contribution in [1.82, 2.24) is 5.32 Å². The lowest BCUT2D eigenvalue weighted by atomic mass is 9.83. The predicted molar refractivity (Wildman–Crippen MR) is 132 cm³/mol. The molecule has 0 aliphatic carbocycles. The van der Waals surface area contributed by atoms with Crippen LogP contribution in [0.5, 0.6) is 11.5 Å². The van der Waals surface area contributed by atoms with E-state index in [9.17, 15) is 14.0 Å². The normalized spacial score (nSPS) is 18.6. The highest BCUT2D eigenvalue weighted by molar-refractivity contribution is 5.97. The number of ether oxygens (including phenoxy) is 2. The van der Waals surface area contributed by atoms with E-state index in [4.69, 9.17) is 9.47 Å². The van der Waals surface area contributed by atoms with Gasteiger partial charge in [0.2, 0.25) is 11.8 Å². The van der Waals surface area contributed by atoms with Gasteiger partial charge < -0.3 is 19.7 Å². The van der Waals surface area contributed by atoms with Crippen molar-refractivity contribution < 1.29 is 23.5 Å². The molecule has 6 nitrogen and oxygen atoms in total. The number of halogens is 1. The van der Waals surface area contributed by atoms with E-state index < -0.39 is 12.0 Å². The molecule has 1 aliphatic heterocycles. The van der Waals surface area contributed by atoms with Gasteiger partial charge in [0, 0.05) is 12.1 Å². The summed E-state index contributed by atoms with van der Waals surface area (Å²) in [5, 5.41) is 3.07. The smallest absolute Gasteiger partial charge is 0.227 e. The molecule has 1 N–H and O–H groups in total. The average molecular weight is 477 g/mol. The highest BCUT2D eigenvalue weighted by Crippen LogP contribution is 2.41. The highest BCUT2D eigenvalue weighted by atomic mass is 19.1. The second-order valence-electron chi connectivity index (χ2n) is 8.61. The Hall–Kier alpha value is -3.87. The van der Waals surface area contributed by atoms with Crippen molar-refractivity contribution in [1.29, 1.82) is 0 Å². The fourth-order valence-electron chi connectivity index (χ4n) is 4.55. The Labute approximate surface area is 204 Å². The molecule has 7 heteroatoms. The van der Waals surface area contributed by atoms with Crippen molar-refractivity contribution in [3.05, 3.63) is 89.7 Å². The van der Waals surface area contributed by atoms with Crippen molar-refractivity contribution >= 4 is 17.5 Å². The minimum Gasteiger partial charge on any atom is -0.497 e. The van der Waals surface area contributed by atoms with Gasteiger partial charge in [0.15, 0.2) is 0 Å². The number of hydrogen-bond acceptors (Lipinski definition) is 4. The predicted octanol–water partition coefficient (Wildman–Crippen LogP) is 5.20. The van der Waals surface area contributed by atoms with E-state index in [1.807, 2.05) is 43.3 Å². The second-order valence-corrected chi connectivity index (χ2v) is 8.61. The Balaban J connectivity index is 1.68. The summed E-state index contributed by atoms with van der Waals surface area (Å²) in [5.74, 6) is 0.360. The first-order chi connectivity index (χ1) is 16.9. The first-order valence-electron chi connectivity index (χ1n) is 11.6. The third-order valence-corrected chi connectivity index (χ3v) is 6.47. The molecule has 3 atom stereocenters. The van der Waals surface area contributed by atoms with Crippen molar-refractivity contribution in [2.75, 3.05) is 19.1 Å². The van der Waals surface area contributed by atoms with Gasteiger partial charge in [0.1, 0.15) is 17.3 Å². The molecule has 0 saturated carbocycles. The molecule has 35 heavy (non-hydrogen) atoms. The minimum absolute atomic E-state index is 0.0494. The van der Waals surface area contributed by atoms with E-state index in [1.165, 1.54) is 12.1 Å². The van der Waals surface area contributed by atoms with E-state index in [-0.39, 0.29) is 30.1 Å². The maximum Gasteiger partial charge on any atom is 0.227 e. The highest BCUT2D eigenvalue weighted by Gasteiger charge is 2.41. The summed E-state index contributed by atoms with van der Waals surface area (Å²) in [7, 11) is 3.18. The number of carbonyl (C=O) groups excluding carboxylic acids is 2. The van der Waals surface area contributed by atoms with Gasteiger partial charge in [-0.15, -0.1) is 0 Å². The summed E-state index contributed by atoms with van der Waals surface area (Å²) in [6, 6.07) is 20.0. The standard InChI is InChI=1S/C28H29FN2O4/c1-18(19-4-8-21(29)9-5-19)30-28(33)25-16-17-26(32)31(22-10-14-24(35-3)15-11-22)27(25)20-6-12-23(34-2)13-7-20/h4-15,18,25,27H,16-17H2,1-3H3,(H,30,33). The summed E-state index contributed by atoms with van der Waals surface area (Å²) in [4.78, 5) is 28.5. The quantitative estimate of drug-likeness (QED) is 0.509. The molecule has 1 aliphatic rings. The summed E-state index contributed by atoms with van der Waals surface area (Å²) in [6.07, 6.45) is 0.672. The molecular formula is C28H29FN2O4. The lowest BCUT2D eigenvalue weighted by Gasteiger charge is -2.41. The average Bonchev–Trinajstić information content (AvgIpc) is 2.89. The van der Waals surface area contributed by atoms with Crippen LogP contribution in [0.4, 0.5) is 10.1 Å². The topological polar surface area (TPSA) is 67.9 Å². The molecule has 1 fully saturated rings. The van der Waals surface area contributed by atoms with Crippen molar-refractivity contribution in [3.63, 3.8) is 0 Å². The Morgan fingerprint density at radius 1 is 0.943 bits per heavy atom. The van der Waals surface area contributed by atoms with Crippen LogP contribution in [0.25, 0.3) is 0 Å². The third-order valence-electron chi connectivity index (χ3n) is 6.47. The number of hydrogen-bond donors (Lipinski definition) is 1. The maximum absolute atomic E-state index is 13.6. The number of nitrogens with one attached hydrogen (secondary N) is 1. The first kappa shape index (κ1) is 24.3. The number of nitrogens with zero attached hydrogens (tertiary/aromatic N) is 1. The van der Waals surface area contributed by atoms with Gasteiger partial charge in [-0.3, -0.25) is 9.59 Å². The molecular weight excluding hydrogens is 447 g/mol. The number of amides is 2. The number of carbonyl (C=O) groups is 2. The molecule has 0 bridgehead atoms. The molecule has 0 aromatic heterocycles. The summed E-state index contributed by atoms with van der Waals surface area (Å²) < 4.78 is 23.9. The van der Waals surface area contributed by atoms with E-state index >= 15 is 0 Å². The van der Waals surface area contributed by atoms with Gasteiger partial charge in [-0.2, -0.15) is 0 Å². The molecule has 3 aromatic carbocycles. The van der Waals surface area contributed by atoms with Crippen molar-refractivity contribution in [3.8, 4) is 11.5 Å². The maximum atomic E-state index is 13.6. The number of anilines is 1. The zero-order chi connectivity index (χ0) is 24.9. The monoisotopic (exact) mass is 476 g/mol. The molecule has 182 valence electrons. The molecule has 3 unspecified atom stereocenters. The third kappa shape index (κ3) is 5.29. The van der Waals surface area contributed by atoms with Crippen LogP contribution >= 0.6 is 0 Å². The van der Waals surface area contributed by atoms with Gasteiger partial charge in [-0.05, 0) is 73.0 Å². The van der Waals surface area contributed by atoms with Crippen molar-refractivity contribution in [2.24, 2.45) is 5.92 Å². The van der Waals surface area contributed by atoms with Crippen LogP contribution < -0.4 is 19.7 Å². The second kappa shape index (κ2) is 10.6. The van der Waals surface area contributed by atoms with Crippen LogP contribution in [-0.4, -0.2) is 26.0 Å². The molecule has 3 aromatic rings.